The van der Waals surface area contributed by atoms with Gasteiger partial charge in [-0.15, -0.1) is 0 Å². The van der Waals surface area contributed by atoms with Gasteiger partial charge in [-0.2, -0.15) is 5.26 Å². The topological polar surface area (TPSA) is 96.3 Å². The van der Waals surface area contributed by atoms with E-state index in [-0.39, 0.29) is 0 Å². The van der Waals surface area contributed by atoms with Gasteiger partial charge < -0.3 is 4.74 Å². The standard InChI is InChI=1S/C17H15FN2O4S/c1-12(24-16-8-4-13(10-19)5-9-16)17(21)20-25(22,23)11-14-2-6-15(18)7-3-14/h2-9,12H,11H2,1H3,(H,20,21)/t12-/m0/s1. The van der Waals surface area contributed by atoms with E-state index in [9.17, 15) is 17.6 Å². The highest BCUT2D eigenvalue weighted by Crippen LogP contribution is 2.14. The molecule has 0 saturated carbocycles. The van der Waals surface area contributed by atoms with Gasteiger partial charge >= 0.3 is 0 Å². The van der Waals surface area contributed by atoms with Crippen LogP contribution in [0.1, 0.15) is 18.1 Å². The maximum absolute atomic E-state index is 12.8. The summed E-state index contributed by atoms with van der Waals surface area (Å²) >= 11 is 0. The summed E-state index contributed by atoms with van der Waals surface area (Å²) in [5.74, 6) is -1.43. The second kappa shape index (κ2) is 7.77. The number of nitriles is 1. The molecule has 0 aromatic heterocycles. The van der Waals surface area contributed by atoms with Crippen LogP contribution in [-0.2, 0) is 20.6 Å². The second-order valence-corrected chi connectivity index (χ2v) is 6.97. The van der Waals surface area contributed by atoms with Crippen LogP contribution in [0, 0.1) is 17.1 Å². The van der Waals surface area contributed by atoms with E-state index < -0.39 is 33.6 Å². The summed E-state index contributed by atoms with van der Waals surface area (Å²) in [5, 5.41) is 8.72. The Balaban J connectivity index is 1.96. The van der Waals surface area contributed by atoms with Gasteiger partial charge in [0.1, 0.15) is 11.6 Å². The van der Waals surface area contributed by atoms with Crippen molar-refractivity contribution in [2.45, 2.75) is 18.8 Å². The molecule has 25 heavy (non-hydrogen) atoms. The molecule has 130 valence electrons. The van der Waals surface area contributed by atoms with Crippen molar-refractivity contribution >= 4 is 15.9 Å². The minimum absolute atomic E-state index is 0.331. The summed E-state index contributed by atoms with van der Waals surface area (Å²) in [4.78, 5) is 12.0. The first-order valence-corrected chi connectivity index (χ1v) is 8.90. The van der Waals surface area contributed by atoms with Gasteiger partial charge in [-0.3, -0.25) is 4.79 Å². The molecule has 0 heterocycles. The fourth-order valence-electron chi connectivity index (χ4n) is 1.94. The minimum Gasteiger partial charge on any atom is -0.481 e. The lowest BCUT2D eigenvalue weighted by atomic mass is 10.2. The highest BCUT2D eigenvalue weighted by molar-refractivity contribution is 7.89. The third kappa shape index (κ3) is 5.58. The summed E-state index contributed by atoms with van der Waals surface area (Å²) in [5.41, 5.74) is 0.786. The maximum atomic E-state index is 12.8. The van der Waals surface area contributed by atoms with Crippen LogP contribution >= 0.6 is 0 Å². The number of nitrogens with zero attached hydrogens (tertiary/aromatic N) is 1. The zero-order valence-corrected chi connectivity index (χ0v) is 14.1. The van der Waals surface area contributed by atoms with Crippen LogP contribution in [0.5, 0.6) is 5.75 Å². The molecule has 6 nitrogen and oxygen atoms in total. The van der Waals surface area contributed by atoms with Crippen molar-refractivity contribution in [3.63, 3.8) is 0 Å². The zero-order chi connectivity index (χ0) is 18.4. The van der Waals surface area contributed by atoms with Crippen LogP contribution in [0.15, 0.2) is 48.5 Å². The van der Waals surface area contributed by atoms with Gasteiger partial charge in [0.15, 0.2) is 6.10 Å². The Kier molecular flexibility index (Phi) is 5.72. The molecule has 2 rings (SSSR count). The van der Waals surface area contributed by atoms with E-state index in [1.54, 1.807) is 0 Å². The second-order valence-electron chi connectivity index (χ2n) is 5.25. The molecule has 0 bridgehead atoms. The lowest BCUT2D eigenvalue weighted by molar-refractivity contribution is -0.125. The number of rotatable bonds is 6. The quantitative estimate of drug-likeness (QED) is 0.849. The van der Waals surface area contributed by atoms with Crippen LogP contribution in [0.4, 0.5) is 4.39 Å². The number of carbonyl (C=O) groups excluding carboxylic acids is 1. The molecular weight excluding hydrogens is 347 g/mol. The first-order valence-electron chi connectivity index (χ1n) is 7.24. The molecule has 2 aromatic carbocycles. The van der Waals surface area contributed by atoms with Gasteiger partial charge in [-0.05, 0) is 48.9 Å². The molecule has 0 aliphatic rings. The summed E-state index contributed by atoms with van der Waals surface area (Å²) in [7, 11) is -3.94. The van der Waals surface area contributed by atoms with Crippen LogP contribution in [0.2, 0.25) is 0 Å². The number of halogens is 1. The van der Waals surface area contributed by atoms with Crippen molar-refractivity contribution in [3.8, 4) is 11.8 Å². The Morgan fingerprint density at radius 2 is 1.80 bits per heavy atom. The molecule has 0 fully saturated rings. The monoisotopic (exact) mass is 362 g/mol. The number of hydrogen-bond donors (Lipinski definition) is 1. The molecule has 0 aliphatic heterocycles. The highest BCUT2D eigenvalue weighted by Gasteiger charge is 2.21. The Morgan fingerprint density at radius 1 is 1.20 bits per heavy atom. The number of carbonyl (C=O) groups is 1. The number of sulfonamides is 1. The van der Waals surface area contributed by atoms with Crippen molar-refractivity contribution in [2.75, 3.05) is 0 Å². The number of benzene rings is 2. The van der Waals surface area contributed by atoms with Crippen molar-refractivity contribution in [1.82, 2.24) is 4.72 Å². The van der Waals surface area contributed by atoms with Gasteiger partial charge in [-0.25, -0.2) is 17.5 Å². The fraction of sp³-hybridized carbons (Fsp3) is 0.176. The Labute approximate surface area is 144 Å². The Bertz CT molecular complexity index is 888. The maximum Gasteiger partial charge on any atom is 0.274 e. The summed E-state index contributed by atoms with van der Waals surface area (Å²) in [6, 6.07) is 12.9. The number of amides is 1. The number of ether oxygens (including phenoxy) is 1. The third-order valence-electron chi connectivity index (χ3n) is 3.19. The first kappa shape index (κ1) is 18.4. The van der Waals surface area contributed by atoms with Gasteiger partial charge in [0.25, 0.3) is 5.91 Å². The van der Waals surface area contributed by atoms with Crippen LogP contribution in [0.25, 0.3) is 0 Å². The highest BCUT2D eigenvalue weighted by atomic mass is 32.2. The van der Waals surface area contributed by atoms with Crippen molar-refractivity contribution in [3.05, 3.63) is 65.5 Å². The average molecular weight is 362 g/mol. The fourth-order valence-corrected chi connectivity index (χ4v) is 3.11. The van der Waals surface area contributed by atoms with E-state index in [0.717, 1.165) is 12.1 Å². The van der Waals surface area contributed by atoms with E-state index >= 15 is 0 Å². The lowest BCUT2D eigenvalue weighted by Gasteiger charge is -2.15. The summed E-state index contributed by atoms with van der Waals surface area (Å²) in [6.45, 7) is 1.40. The van der Waals surface area contributed by atoms with Crippen LogP contribution in [0.3, 0.4) is 0 Å². The van der Waals surface area contributed by atoms with Crippen molar-refractivity contribution in [2.24, 2.45) is 0 Å². The van der Waals surface area contributed by atoms with Gasteiger partial charge in [0, 0.05) is 0 Å². The molecule has 0 aliphatic carbocycles. The lowest BCUT2D eigenvalue weighted by Crippen LogP contribution is -2.40. The molecule has 0 radical (unpaired) electrons. The largest absolute Gasteiger partial charge is 0.481 e. The summed E-state index contributed by atoms with van der Waals surface area (Å²) in [6.07, 6.45) is -1.06. The van der Waals surface area contributed by atoms with Gasteiger partial charge in [0.05, 0.1) is 17.4 Å². The molecular formula is C17H15FN2O4S. The SMILES string of the molecule is C[C@H](Oc1ccc(C#N)cc1)C(=O)NS(=O)(=O)Cc1ccc(F)cc1. The van der Waals surface area contributed by atoms with Crippen molar-refractivity contribution in [1.29, 1.82) is 5.26 Å². The van der Waals surface area contributed by atoms with Gasteiger partial charge in [0.2, 0.25) is 10.0 Å². The zero-order valence-electron chi connectivity index (χ0n) is 13.3. The predicted octanol–water partition coefficient (Wildman–Crippen LogP) is 2.11. The molecule has 1 N–H and O–H groups in total. The van der Waals surface area contributed by atoms with E-state index in [1.165, 1.54) is 43.3 Å². The first-order chi connectivity index (χ1) is 11.8. The normalized spacial score (nSPS) is 12.0. The summed E-state index contributed by atoms with van der Waals surface area (Å²) < 4.78 is 44.1. The average Bonchev–Trinajstić information content (AvgIpc) is 2.57. The van der Waals surface area contributed by atoms with Crippen LogP contribution in [-0.4, -0.2) is 20.4 Å². The predicted molar refractivity (Wildman–Crippen MR) is 88.4 cm³/mol. The molecule has 0 unspecified atom stereocenters. The molecule has 1 amide bonds. The van der Waals surface area contributed by atoms with Crippen molar-refractivity contribution < 1.29 is 22.3 Å². The molecule has 8 heteroatoms. The number of nitrogens with one attached hydrogen (secondary N) is 1. The minimum atomic E-state index is -3.94. The van der Waals surface area contributed by atoms with Gasteiger partial charge in [-0.1, -0.05) is 12.1 Å². The molecule has 1 atom stereocenters. The van der Waals surface area contributed by atoms with E-state index in [4.69, 9.17) is 10.00 Å². The van der Waals surface area contributed by atoms with E-state index in [1.807, 2.05) is 10.8 Å². The Morgan fingerprint density at radius 3 is 2.36 bits per heavy atom. The van der Waals surface area contributed by atoms with E-state index in [2.05, 4.69) is 0 Å². The van der Waals surface area contributed by atoms with Crippen LogP contribution < -0.4 is 9.46 Å². The molecule has 2 aromatic rings. The van der Waals surface area contributed by atoms with E-state index in [0.29, 0.717) is 16.9 Å². The number of hydrogen-bond acceptors (Lipinski definition) is 5. The molecule has 0 saturated heterocycles. The molecule has 0 spiro atoms. The third-order valence-corrected chi connectivity index (χ3v) is 4.42. The smallest absolute Gasteiger partial charge is 0.274 e. The Hall–Kier alpha value is -2.92.